The van der Waals surface area contributed by atoms with Gasteiger partial charge in [0.05, 0.1) is 25.8 Å². The largest absolute Gasteiger partial charge is 0.465 e. The predicted octanol–water partition coefficient (Wildman–Crippen LogP) is 1.36. The number of carbonyl (C=O) groups excluding carboxylic acids is 3. The highest BCUT2D eigenvalue weighted by Crippen LogP contribution is 2.20. The SMILES string of the molecule is COC(=O)c1ccc(N2CCN(CC(=O)N(C)CC(=O)NC(C)(C)C)C(C)C2)cc1. The van der Waals surface area contributed by atoms with Gasteiger partial charge in [0.15, 0.2) is 0 Å². The van der Waals surface area contributed by atoms with Crippen molar-refractivity contribution in [3.8, 4) is 0 Å². The Balaban J connectivity index is 1.87. The van der Waals surface area contributed by atoms with Gasteiger partial charge in [-0.05, 0) is 52.0 Å². The van der Waals surface area contributed by atoms with Crippen LogP contribution in [0.4, 0.5) is 5.69 Å². The molecule has 1 N–H and O–H groups in total. The van der Waals surface area contributed by atoms with Crippen LogP contribution in [0.2, 0.25) is 0 Å². The average molecular weight is 419 g/mol. The van der Waals surface area contributed by atoms with E-state index in [0.29, 0.717) is 5.56 Å². The second kappa shape index (κ2) is 9.93. The van der Waals surface area contributed by atoms with Gasteiger partial charge in [-0.25, -0.2) is 4.79 Å². The van der Waals surface area contributed by atoms with Crippen LogP contribution in [0.3, 0.4) is 0 Å². The normalized spacial score (nSPS) is 17.4. The highest BCUT2D eigenvalue weighted by atomic mass is 16.5. The summed E-state index contributed by atoms with van der Waals surface area (Å²) in [7, 11) is 3.03. The molecule has 1 aliphatic heterocycles. The molecule has 2 amide bonds. The molecule has 1 fully saturated rings. The summed E-state index contributed by atoms with van der Waals surface area (Å²) in [4.78, 5) is 42.1. The van der Waals surface area contributed by atoms with Crippen molar-refractivity contribution in [3.05, 3.63) is 29.8 Å². The van der Waals surface area contributed by atoms with E-state index in [4.69, 9.17) is 4.74 Å². The van der Waals surface area contributed by atoms with Crippen molar-refractivity contribution in [1.29, 1.82) is 0 Å². The van der Waals surface area contributed by atoms with Crippen LogP contribution in [0.25, 0.3) is 0 Å². The Morgan fingerprint density at radius 1 is 1.17 bits per heavy atom. The van der Waals surface area contributed by atoms with E-state index in [1.807, 2.05) is 32.9 Å². The first-order valence-corrected chi connectivity index (χ1v) is 10.2. The topological polar surface area (TPSA) is 82.2 Å². The third-order valence-corrected chi connectivity index (χ3v) is 5.08. The number of methoxy groups -OCH3 is 1. The molecule has 1 aliphatic rings. The van der Waals surface area contributed by atoms with Gasteiger partial charge in [-0.2, -0.15) is 0 Å². The van der Waals surface area contributed by atoms with Crippen molar-refractivity contribution in [2.45, 2.75) is 39.3 Å². The van der Waals surface area contributed by atoms with Crippen LogP contribution in [-0.2, 0) is 14.3 Å². The lowest BCUT2D eigenvalue weighted by Gasteiger charge is -2.41. The molecule has 1 aromatic carbocycles. The fourth-order valence-corrected chi connectivity index (χ4v) is 3.45. The third-order valence-electron chi connectivity index (χ3n) is 5.08. The molecule has 0 aliphatic carbocycles. The number of ether oxygens (including phenoxy) is 1. The van der Waals surface area contributed by atoms with Gasteiger partial charge in [-0.1, -0.05) is 0 Å². The molecule has 1 unspecified atom stereocenters. The number of amides is 2. The van der Waals surface area contributed by atoms with Crippen LogP contribution in [0.1, 0.15) is 38.1 Å². The third kappa shape index (κ3) is 6.73. The predicted molar refractivity (Wildman–Crippen MR) is 117 cm³/mol. The first-order valence-electron chi connectivity index (χ1n) is 10.2. The monoisotopic (exact) mass is 418 g/mol. The molecule has 8 nitrogen and oxygen atoms in total. The van der Waals surface area contributed by atoms with E-state index in [1.165, 1.54) is 12.0 Å². The van der Waals surface area contributed by atoms with Gasteiger partial charge >= 0.3 is 5.97 Å². The quantitative estimate of drug-likeness (QED) is 0.703. The second-order valence-electron chi connectivity index (χ2n) is 8.85. The van der Waals surface area contributed by atoms with Crippen molar-refractivity contribution in [2.24, 2.45) is 0 Å². The second-order valence-corrected chi connectivity index (χ2v) is 8.85. The molecule has 0 bridgehead atoms. The van der Waals surface area contributed by atoms with E-state index >= 15 is 0 Å². The van der Waals surface area contributed by atoms with Crippen LogP contribution >= 0.6 is 0 Å². The Morgan fingerprint density at radius 3 is 2.33 bits per heavy atom. The summed E-state index contributed by atoms with van der Waals surface area (Å²) in [5.41, 5.74) is 1.24. The minimum absolute atomic E-state index is 0.0526. The van der Waals surface area contributed by atoms with Crippen molar-refractivity contribution < 1.29 is 19.1 Å². The number of hydrogen-bond donors (Lipinski definition) is 1. The highest BCUT2D eigenvalue weighted by Gasteiger charge is 2.27. The number of piperazine rings is 1. The van der Waals surface area contributed by atoms with Gasteiger partial charge in [0.1, 0.15) is 0 Å². The number of esters is 1. The molecule has 166 valence electrons. The van der Waals surface area contributed by atoms with E-state index in [2.05, 4.69) is 22.0 Å². The molecule has 8 heteroatoms. The molecule has 1 saturated heterocycles. The highest BCUT2D eigenvalue weighted by molar-refractivity contribution is 5.89. The zero-order valence-electron chi connectivity index (χ0n) is 18.9. The fraction of sp³-hybridized carbons (Fsp3) is 0.591. The summed E-state index contributed by atoms with van der Waals surface area (Å²) in [6.45, 7) is 10.5. The van der Waals surface area contributed by atoms with Gasteiger partial charge < -0.3 is 19.9 Å². The summed E-state index contributed by atoms with van der Waals surface area (Å²) >= 11 is 0. The summed E-state index contributed by atoms with van der Waals surface area (Å²) in [6.07, 6.45) is 0. The maximum atomic E-state index is 12.6. The van der Waals surface area contributed by atoms with Gasteiger partial charge in [-0.3, -0.25) is 14.5 Å². The molecule has 0 radical (unpaired) electrons. The number of rotatable bonds is 6. The molecular formula is C22H34N4O4. The van der Waals surface area contributed by atoms with Crippen LogP contribution in [-0.4, -0.2) is 86.0 Å². The number of nitrogens with one attached hydrogen (secondary N) is 1. The zero-order chi connectivity index (χ0) is 22.5. The lowest BCUT2D eigenvalue weighted by Crippen LogP contribution is -2.55. The summed E-state index contributed by atoms with van der Waals surface area (Å²) in [6, 6.07) is 7.54. The smallest absolute Gasteiger partial charge is 0.337 e. The lowest BCUT2D eigenvalue weighted by molar-refractivity contribution is -0.136. The number of nitrogens with zero attached hydrogens (tertiary/aromatic N) is 3. The van der Waals surface area contributed by atoms with E-state index in [-0.39, 0.29) is 42.5 Å². The molecule has 0 spiro atoms. The Labute approximate surface area is 179 Å². The fourth-order valence-electron chi connectivity index (χ4n) is 3.45. The first-order chi connectivity index (χ1) is 14.0. The number of anilines is 1. The Bertz CT molecular complexity index is 757. The maximum Gasteiger partial charge on any atom is 0.337 e. The number of carbonyl (C=O) groups is 3. The van der Waals surface area contributed by atoms with Crippen molar-refractivity contribution in [2.75, 3.05) is 51.8 Å². The molecule has 2 rings (SSSR count). The van der Waals surface area contributed by atoms with Gasteiger partial charge in [-0.15, -0.1) is 0 Å². The molecule has 0 saturated carbocycles. The van der Waals surface area contributed by atoms with E-state index < -0.39 is 0 Å². The average Bonchev–Trinajstić information content (AvgIpc) is 2.67. The minimum Gasteiger partial charge on any atom is -0.465 e. The van der Waals surface area contributed by atoms with Crippen molar-refractivity contribution >= 4 is 23.5 Å². The van der Waals surface area contributed by atoms with Gasteiger partial charge in [0.2, 0.25) is 11.8 Å². The Kier molecular flexibility index (Phi) is 7.83. The van der Waals surface area contributed by atoms with E-state index in [9.17, 15) is 14.4 Å². The molecule has 1 atom stereocenters. The van der Waals surface area contributed by atoms with Gasteiger partial charge in [0.25, 0.3) is 0 Å². The first kappa shape index (κ1) is 23.7. The molecule has 0 aromatic heterocycles. The lowest BCUT2D eigenvalue weighted by atomic mass is 10.1. The van der Waals surface area contributed by atoms with E-state index in [1.54, 1.807) is 19.2 Å². The van der Waals surface area contributed by atoms with Crippen LogP contribution < -0.4 is 10.2 Å². The summed E-state index contributed by atoms with van der Waals surface area (Å²) in [5, 5.41) is 2.87. The summed E-state index contributed by atoms with van der Waals surface area (Å²) < 4.78 is 4.74. The maximum absolute atomic E-state index is 12.6. The molecular weight excluding hydrogens is 384 g/mol. The van der Waals surface area contributed by atoms with Crippen molar-refractivity contribution in [1.82, 2.24) is 15.1 Å². The molecule has 1 aromatic rings. The number of likely N-dealkylation sites (N-methyl/N-ethyl adjacent to an activating group) is 1. The molecule has 30 heavy (non-hydrogen) atoms. The summed E-state index contributed by atoms with van der Waals surface area (Å²) in [5.74, 6) is -0.577. The standard InChI is InChI=1S/C22H34N4O4/c1-16-13-26(18-9-7-17(8-10-18)21(29)30-6)12-11-25(16)15-20(28)24(5)14-19(27)23-22(2,3)4/h7-10,16H,11-15H2,1-6H3,(H,23,27). The molecule has 1 heterocycles. The Hall–Kier alpha value is -2.61. The van der Waals surface area contributed by atoms with Crippen LogP contribution in [0.15, 0.2) is 24.3 Å². The van der Waals surface area contributed by atoms with Gasteiger partial charge in [0, 0.05) is 44.0 Å². The Morgan fingerprint density at radius 2 is 1.80 bits per heavy atom. The number of hydrogen-bond acceptors (Lipinski definition) is 6. The minimum atomic E-state index is -0.349. The van der Waals surface area contributed by atoms with Crippen LogP contribution in [0.5, 0.6) is 0 Å². The van der Waals surface area contributed by atoms with E-state index in [0.717, 1.165) is 25.3 Å². The zero-order valence-corrected chi connectivity index (χ0v) is 18.9. The van der Waals surface area contributed by atoms with Crippen molar-refractivity contribution in [3.63, 3.8) is 0 Å². The number of benzene rings is 1. The van der Waals surface area contributed by atoms with Crippen LogP contribution in [0, 0.1) is 0 Å².